The van der Waals surface area contributed by atoms with Crippen LogP contribution in [-0.2, 0) is 16.0 Å². The third kappa shape index (κ3) is 8.09. The molecule has 2 saturated heterocycles. The summed E-state index contributed by atoms with van der Waals surface area (Å²) in [6.45, 7) is 10.2. The Morgan fingerprint density at radius 3 is 2.63 bits per heavy atom. The topological polar surface area (TPSA) is 49.3 Å². The lowest BCUT2D eigenvalue weighted by Gasteiger charge is -2.28. The number of benzene rings is 1. The van der Waals surface area contributed by atoms with Crippen molar-refractivity contribution < 1.29 is 9.47 Å². The Bertz CT molecular complexity index is 626. The minimum Gasteiger partial charge on any atom is -0.382 e. The number of methoxy groups -OCH3 is 1. The normalized spacial score (nSPS) is 19.7. The van der Waals surface area contributed by atoms with Crippen LogP contribution in [0, 0.1) is 5.92 Å². The van der Waals surface area contributed by atoms with Gasteiger partial charge in [-0.15, -0.1) is 24.0 Å². The second-order valence-electron chi connectivity index (χ2n) is 7.60. The first-order valence-electron chi connectivity index (χ1n) is 10.8. The van der Waals surface area contributed by atoms with Gasteiger partial charge in [-0.1, -0.05) is 12.1 Å². The first kappa shape index (κ1) is 25.5. The molecule has 1 aromatic rings. The van der Waals surface area contributed by atoms with Crippen molar-refractivity contribution in [2.75, 3.05) is 76.1 Å². The molecule has 1 atom stereocenters. The van der Waals surface area contributed by atoms with Gasteiger partial charge in [0.05, 0.1) is 26.4 Å². The highest BCUT2D eigenvalue weighted by Crippen LogP contribution is 2.21. The van der Waals surface area contributed by atoms with Gasteiger partial charge in [0.25, 0.3) is 0 Å². The van der Waals surface area contributed by atoms with Gasteiger partial charge in [-0.2, -0.15) is 11.8 Å². The maximum Gasteiger partial charge on any atom is 0.194 e. The zero-order chi connectivity index (χ0) is 20.3. The monoisotopic (exact) mass is 548 g/mol. The maximum atomic E-state index is 5.72. The van der Waals surface area contributed by atoms with Gasteiger partial charge >= 0.3 is 0 Å². The zero-order valence-corrected chi connectivity index (χ0v) is 21.5. The molecule has 0 radical (unpaired) electrons. The van der Waals surface area contributed by atoms with Crippen molar-refractivity contribution in [3.8, 4) is 0 Å². The molecule has 0 spiro atoms. The highest BCUT2D eigenvalue weighted by atomic mass is 127. The number of halogens is 1. The van der Waals surface area contributed by atoms with Crippen LogP contribution < -0.4 is 10.2 Å². The van der Waals surface area contributed by atoms with Gasteiger partial charge in [0, 0.05) is 62.9 Å². The number of hydrogen-bond donors (Lipinski definition) is 1. The van der Waals surface area contributed by atoms with Crippen molar-refractivity contribution >= 4 is 47.4 Å². The fraction of sp³-hybridized carbons (Fsp3) is 0.682. The standard InChI is InChI=1S/C22H36N4O2S.HI/c1-3-23-22(26-9-8-20(17-26)18-28-13-12-27-2)24-16-19-4-6-21(7-5-19)25-10-14-29-15-11-25;/h4-7,20H,3,8-18H2,1-2H3,(H,23,24);1H. The highest BCUT2D eigenvalue weighted by Gasteiger charge is 2.25. The van der Waals surface area contributed by atoms with E-state index in [1.54, 1.807) is 7.11 Å². The van der Waals surface area contributed by atoms with Crippen LogP contribution >= 0.6 is 35.7 Å². The second-order valence-corrected chi connectivity index (χ2v) is 8.83. The SMILES string of the molecule is CCNC(=NCc1ccc(N2CCSCC2)cc1)N1CCC(COCCOC)C1.I. The summed E-state index contributed by atoms with van der Waals surface area (Å²) in [4.78, 5) is 9.75. The molecule has 0 aliphatic carbocycles. The van der Waals surface area contributed by atoms with E-state index in [9.17, 15) is 0 Å². The van der Waals surface area contributed by atoms with Crippen LogP contribution in [0.5, 0.6) is 0 Å². The summed E-state index contributed by atoms with van der Waals surface area (Å²) in [5.74, 6) is 4.04. The van der Waals surface area contributed by atoms with Crippen LogP contribution in [0.15, 0.2) is 29.3 Å². The van der Waals surface area contributed by atoms with Crippen LogP contribution in [0.25, 0.3) is 0 Å². The van der Waals surface area contributed by atoms with E-state index >= 15 is 0 Å². The molecule has 0 amide bonds. The van der Waals surface area contributed by atoms with Crippen molar-refractivity contribution in [1.82, 2.24) is 10.2 Å². The van der Waals surface area contributed by atoms with E-state index in [1.807, 2.05) is 11.8 Å². The van der Waals surface area contributed by atoms with Crippen molar-refractivity contribution in [1.29, 1.82) is 0 Å². The third-order valence-corrected chi connectivity index (χ3v) is 6.37. The molecule has 1 unspecified atom stereocenters. The Kier molecular flexibility index (Phi) is 12.2. The van der Waals surface area contributed by atoms with E-state index in [0.29, 0.717) is 25.7 Å². The Morgan fingerprint density at radius 2 is 1.93 bits per heavy atom. The van der Waals surface area contributed by atoms with Gasteiger partial charge < -0.3 is 24.6 Å². The number of nitrogens with one attached hydrogen (secondary N) is 1. The van der Waals surface area contributed by atoms with Crippen molar-refractivity contribution in [3.05, 3.63) is 29.8 Å². The van der Waals surface area contributed by atoms with Gasteiger partial charge in [-0.3, -0.25) is 0 Å². The number of thioether (sulfide) groups is 1. The second kappa shape index (κ2) is 14.4. The molecule has 1 aromatic carbocycles. The number of nitrogens with zero attached hydrogens (tertiary/aromatic N) is 3. The fourth-order valence-corrected chi connectivity index (χ4v) is 4.68. The lowest BCUT2D eigenvalue weighted by molar-refractivity contribution is 0.0536. The molecule has 2 aliphatic rings. The quantitative estimate of drug-likeness (QED) is 0.221. The summed E-state index contributed by atoms with van der Waals surface area (Å²) in [6, 6.07) is 8.94. The van der Waals surface area contributed by atoms with Crippen LogP contribution in [0.3, 0.4) is 0 Å². The van der Waals surface area contributed by atoms with Gasteiger partial charge in [-0.05, 0) is 31.0 Å². The fourth-order valence-electron chi connectivity index (χ4n) is 3.78. The van der Waals surface area contributed by atoms with Crippen molar-refractivity contribution in [3.63, 3.8) is 0 Å². The Balaban J connectivity index is 0.00000320. The smallest absolute Gasteiger partial charge is 0.194 e. The molecule has 2 aliphatic heterocycles. The molecule has 30 heavy (non-hydrogen) atoms. The molecule has 2 fully saturated rings. The highest BCUT2D eigenvalue weighted by molar-refractivity contribution is 14.0. The van der Waals surface area contributed by atoms with Crippen LogP contribution in [0.4, 0.5) is 5.69 Å². The van der Waals surface area contributed by atoms with Crippen molar-refractivity contribution in [2.24, 2.45) is 10.9 Å². The average Bonchev–Trinajstić information content (AvgIpc) is 3.24. The van der Waals surface area contributed by atoms with E-state index in [-0.39, 0.29) is 24.0 Å². The summed E-state index contributed by atoms with van der Waals surface area (Å²) in [7, 11) is 1.71. The first-order valence-corrected chi connectivity index (χ1v) is 12.0. The molecule has 170 valence electrons. The molecule has 0 saturated carbocycles. The van der Waals surface area contributed by atoms with Crippen molar-refractivity contribution in [2.45, 2.75) is 19.9 Å². The summed E-state index contributed by atoms with van der Waals surface area (Å²) < 4.78 is 10.8. The number of aliphatic imine (C=N–C) groups is 1. The van der Waals surface area contributed by atoms with Crippen LogP contribution in [0.2, 0.25) is 0 Å². The van der Waals surface area contributed by atoms with Gasteiger partial charge in [0.1, 0.15) is 0 Å². The lowest BCUT2D eigenvalue weighted by atomic mass is 10.1. The number of guanidine groups is 1. The summed E-state index contributed by atoms with van der Waals surface area (Å²) in [5, 5.41) is 3.46. The van der Waals surface area contributed by atoms with E-state index in [4.69, 9.17) is 14.5 Å². The molecular weight excluding hydrogens is 511 g/mol. The number of rotatable bonds is 9. The molecule has 0 bridgehead atoms. The maximum absolute atomic E-state index is 5.72. The van der Waals surface area contributed by atoms with Gasteiger partial charge in [-0.25, -0.2) is 4.99 Å². The molecule has 0 aromatic heterocycles. The minimum absolute atomic E-state index is 0. The number of anilines is 1. The molecular formula is C22H37IN4O2S. The zero-order valence-electron chi connectivity index (χ0n) is 18.3. The summed E-state index contributed by atoms with van der Waals surface area (Å²) in [6.07, 6.45) is 1.15. The van der Waals surface area contributed by atoms with E-state index in [1.165, 1.54) is 22.8 Å². The Morgan fingerprint density at radius 1 is 1.17 bits per heavy atom. The molecule has 6 nitrogen and oxygen atoms in total. The minimum atomic E-state index is 0. The predicted molar refractivity (Wildman–Crippen MR) is 139 cm³/mol. The Hall–Kier alpha value is -0.710. The molecule has 8 heteroatoms. The first-order chi connectivity index (χ1) is 14.3. The van der Waals surface area contributed by atoms with Gasteiger partial charge in [0.2, 0.25) is 0 Å². The number of likely N-dealkylation sites (tertiary alicyclic amines) is 1. The van der Waals surface area contributed by atoms with Crippen LogP contribution in [0.1, 0.15) is 18.9 Å². The average molecular weight is 549 g/mol. The molecule has 2 heterocycles. The number of ether oxygens (including phenoxy) is 2. The predicted octanol–water partition coefficient (Wildman–Crippen LogP) is 3.31. The van der Waals surface area contributed by atoms with Crippen LogP contribution in [-0.4, -0.2) is 82.0 Å². The number of hydrogen-bond acceptors (Lipinski definition) is 5. The largest absolute Gasteiger partial charge is 0.382 e. The molecule has 3 rings (SSSR count). The van der Waals surface area contributed by atoms with E-state index in [0.717, 1.165) is 51.7 Å². The lowest BCUT2D eigenvalue weighted by Crippen LogP contribution is -2.40. The third-order valence-electron chi connectivity index (χ3n) is 5.43. The summed E-state index contributed by atoms with van der Waals surface area (Å²) >= 11 is 2.05. The summed E-state index contributed by atoms with van der Waals surface area (Å²) in [5.41, 5.74) is 2.59. The van der Waals surface area contributed by atoms with Gasteiger partial charge in [0.15, 0.2) is 5.96 Å². The Labute approximate surface area is 203 Å². The van der Waals surface area contributed by atoms with E-state index in [2.05, 4.69) is 46.3 Å². The van der Waals surface area contributed by atoms with E-state index < -0.39 is 0 Å². The molecule has 1 N–H and O–H groups in total.